The van der Waals surface area contributed by atoms with Crippen molar-refractivity contribution in [3.63, 3.8) is 0 Å². The molecule has 0 aliphatic rings. The van der Waals surface area contributed by atoms with Crippen molar-refractivity contribution in [3.05, 3.63) is 47.8 Å². The number of carbonyl (C=O) groups is 1. The third-order valence-electron chi connectivity index (χ3n) is 2.91. The van der Waals surface area contributed by atoms with E-state index >= 15 is 0 Å². The average molecular weight is 276 g/mol. The zero-order chi connectivity index (χ0) is 14.7. The molecule has 104 valence electrons. The monoisotopic (exact) mass is 276 g/mol. The number of halogens is 1. The summed E-state index contributed by atoms with van der Waals surface area (Å²) >= 11 is 0. The molecule has 0 amide bonds. The molecule has 4 nitrogen and oxygen atoms in total. The lowest BCUT2D eigenvalue weighted by molar-refractivity contribution is 0.0697. The van der Waals surface area contributed by atoms with E-state index < -0.39 is 11.8 Å². The molecule has 0 saturated carbocycles. The number of carboxylic acid groups (broad SMARTS) is 1. The number of hydrogen-bond acceptors (Lipinski definition) is 3. The van der Waals surface area contributed by atoms with Crippen LogP contribution < -0.4 is 9.47 Å². The van der Waals surface area contributed by atoms with Gasteiger partial charge in [-0.15, -0.1) is 0 Å². The van der Waals surface area contributed by atoms with Crippen LogP contribution in [0.5, 0.6) is 11.5 Å². The van der Waals surface area contributed by atoms with Gasteiger partial charge in [-0.05, 0) is 30.3 Å². The molecule has 0 spiro atoms. The molecule has 0 saturated heterocycles. The molecule has 0 aliphatic carbocycles. The molecule has 5 heteroatoms. The van der Waals surface area contributed by atoms with Gasteiger partial charge in [0.2, 0.25) is 0 Å². The van der Waals surface area contributed by atoms with Gasteiger partial charge in [-0.2, -0.15) is 0 Å². The van der Waals surface area contributed by atoms with E-state index in [1.165, 1.54) is 26.4 Å². The van der Waals surface area contributed by atoms with Gasteiger partial charge in [0.1, 0.15) is 17.3 Å². The second-order valence-electron chi connectivity index (χ2n) is 4.07. The van der Waals surface area contributed by atoms with Crippen molar-refractivity contribution in [3.8, 4) is 22.6 Å². The lowest BCUT2D eigenvalue weighted by Crippen LogP contribution is -1.98. The zero-order valence-corrected chi connectivity index (χ0v) is 11.0. The van der Waals surface area contributed by atoms with Gasteiger partial charge in [0.05, 0.1) is 19.8 Å². The van der Waals surface area contributed by atoms with Gasteiger partial charge in [-0.1, -0.05) is 0 Å². The molecular formula is C15H13FO4. The average Bonchev–Trinajstić information content (AvgIpc) is 2.47. The van der Waals surface area contributed by atoms with Crippen LogP contribution in [0, 0.1) is 5.82 Å². The maximum atomic E-state index is 13.9. The van der Waals surface area contributed by atoms with E-state index in [2.05, 4.69) is 0 Å². The fraction of sp³-hybridized carbons (Fsp3) is 0.133. The minimum absolute atomic E-state index is 0.0132. The summed E-state index contributed by atoms with van der Waals surface area (Å²) in [5.74, 6) is -0.650. The Bertz CT molecular complexity index is 652. The summed E-state index contributed by atoms with van der Waals surface area (Å²) in [6.45, 7) is 0. The molecule has 20 heavy (non-hydrogen) atoms. The van der Waals surface area contributed by atoms with Gasteiger partial charge < -0.3 is 14.6 Å². The maximum Gasteiger partial charge on any atom is 0.335 e. The minimum Gasteiger partial charge on any atom is -0.497 e. The Kier molecular flexibility index (Phi) is 3.89. The van der Waals surface area contributed by atoms with E-state index in [4.69, 9.17) is 14.6 Å². The van der Waals surface area contributed by atoms with Crippen molar-refractivity contribution in [2.75, 3.05) is 14.2 Å². The second-order valence-corrected chi connectivity index (χ2v) is 4.07. The summed E-state index contributed by atoms with van der Waals surface area (Å²) in [6, 6.07) is 8.52. The molecule has 0 unspecified atom stereocenters. The summed E-state index contributed by atoms with van der Waals surface area (Å²) in [4.78, 5) is 11.0. The van der Waals surface area contributed by atoms with E-state index in [-0.39, 0.29) is 11.1 Å². The van der Waals surface area contributed by atoms with Crippen molar-refractivity contribution < 1.29 is 23.8 Å². The summed E-state index contributed by atoms with van der Waals surface area (Å²) < 4.78 is 24.2. The van der Waals surface area contributed by atoms with Gasteiger partial charge in [0.15, 0.2) is 0 Å². The molecule has 2 aromatic rings. The lowest BCUT2D eigenvalue weighted by Gasteiger charge is -2.11. The van der Waals surface area contributed by atoms with Crippen molar-refractivity contribution in [1.82, 2.24) is 0 Å². The Morgan fingerprint density at radius 2 is 1.80 bits per heavy atom. The predicted octanol–water partition coefficient (Wildman–Crippen LogP) is 3.21. The smallest absolute Gasteiger partial charge is 0.335 e. The number of benzene rings is 2. The maximum absolute atomic E-state index is 13.9. The van der Waals surface area contributed by atoms with Crippen molar-refractivity contribution in [2.24, 2.45) is 0 Å². The topological polar surface area (TPSA) is 55.8 Å². The van der Waals surface area contributed by atoms with Crippen LogP contribution in [0.2, 0.25) is 0 Å². The Morgan fingerprint density at radius 3 is 2.40 bits per heavy atom. The highest BCUT2D eigenvalue weighted by atomic mass is 19.1. The van der Waals surface area contributed by atoms with Crippen molar-refractivity contribution in [1.29, 1.82) is 0 Å². The SMILES string of the molecule is COc1ccc(-c2cc(C(=O)O)ccc2F)c(OC)c1. The number of methoxy groups -OCH3 is 2. The largest absolute Gasteiger partial charge is 0.497 e. The van der Waals surface area contributed by atoms with E-state index in [1.54, 1.807) is 18.2 Å². The van der Waals surface area contributed by atoms with E-state index in [0.717, 1.165) is 6.07 Å². The van der Waals surface area contributed by atoms with Crippen molar-refractivity contribution >= 4 is 5.97 Å². The normalized spacial score (nSPS) is 10.2. The highest BCUT2D eigenvalue weighted by molar-refractivity contribution is 5.90. The number of rotatable bonds is 4. The van der Waals surface area contributed by atoms with Gasteiger partial charge in [-0.25, -0.2) is 9.18 Å². The van der Waals surface area contributed by atoms with Crippen LogP contribution in [0.15, 0.2) is 36.4 Å². The first kappa shape index (κ1) is 13.9. The minimum atomic E-state index is -1.11. The van der Waals surface area contributed by atoms with Crippen LogP contribution in [-0.4, -0.2) is 25.3 Å². The van der Waals surface area contributed by atoms with Crippen molar-refractivity contribution in [2.45, 2.75) is 0 Å². The highest BCUT2D eigenvalue weighted by Crippen LogP contribution is 2.35. The predicted molar refractivity (Wildman–Crippen MR) is 71.9 cm³/mol. The second kappa shape index (κ2) is 5.61. The van der Waals surface area contributed by atoms with E-state index in [0.29, 0.717) is 17.1 Å². The molecule has 0 fully saturated rings. The number of hydrogen-bond donors (Lipinski definition) is 1. The molecule has 1 N–H and O–H groups in total. The fourth-order valence-electron chi connectivity index (χ4n) is 1.89. The fourth-order valence-corrected chi connectivity index (χ4v) is 1.89. The quantitative estimate of drug-likeness (QED) is 0.931. The van der Waals surface area contributed by atoms with Crippen LogP contribution in [-0.2, 0) is 0 Å². The molecule has 2 rings (SSSR count). The third-order valence-corrected chi connectivity index (χ3v) is 2.91. The summed E-state index contributed by atoms with van der Waals surface area (Å²) in [5.41, 5.74) is 0.651. The van der Waals surface area contributed by atoms with Crippen LogP contribution in [0.4, 0.5) is 4.39 Å². The van der Waals surface area contributed by atoms with Gasteiger partial charge in [0.25, 0.3) is 0 Å². The van der Waals surface area contributed by atoms with Crippen LogP contribution in [0.3, 0.4) is 0 Å². The molecule has 2 aromatic carbocycles. The first-order valence-corrected chi connectivity index (χ1v) is 5.82. The van der Waals surface area contributed by atoms with Gasteiger partial charge in [0, 0.05) is 17.2 Å². The standard InChI is InChI=1S/C15H13FO4/c1-19-10-4-5-11(14(8-10)20-2)12-7-9(15(17)18)3-6-13(12)16/h3-8H,1-2H3,(H,17,18). The Labute approximate surface area is 115 Å². The molecule has 0 heterocycles. The molecule has 0 aromatic heterocycles. The summed E-state index contributed by atoms with van der Waals surface area (Å²) in [6.07, 6.45) is 0. The van der Waals surface area contributed by atoms with Crippen LogP contribution in [0.1, 0.15) is 10.4 Å². The molecule has 0 aliphatic heterocycles. The molecule has 0 atom stereocenters. The van der Waals surface area contributed by atoms with Crippen LogP contribution in [0.25, 0.3) is 11.1 Å². The Balaban J connectivity index is 2.61. The molecule has 0 radical (unpaired) electrons. The van der Waals surface area contributed by atoms with Crippen LogP contribution >= 0.6 is 0 Å². The van der Waals surface area contributed by atoms with E-state index in [1.807, 2.05) is 0 Å². The lowest BCUT2D eigenvalue weighted by atomic mass is 10.0. The Hall–Kier alpha value is -2.56. The Morgan fingerprint density at radius 1 is 1.05 bits per heavy atom. The van der Waals surface area contributed by atoms with E-state index in [9.17, 15) is 9.18 Å². The first-order chi connectivity index (χ1) is 9.56. The summed E-state index contributed by atoms with van der Waals surface area (Å²) in [5, 5.41) is 8.98. The molecular weight excluding hydrogens is 263 g/mol. The third kappa shape index (κ3) is 2.56. The number of carboxylic acids is 1. The highest BCUT2D eigenvalue weighted by Gasteiger charge is 2.14. The van der Waals surface area contributed by atoms with Gasteiger partial charge >= 0.3 is 5.97 Å². The summed E-state index contributed by atoms with van der Waals surface area (Å²) in [7, 11) is 2.97. The number of aromatic carboxylic acids is 1. The van der Waals surface area contributed by atoms with Gasteiger partial charge in [-0.3, -0.25) is 0 Å². The molecule has 0 bridgehead atoms. The zero-order valence-electron chi connectivity index (χ0n) is 11.0. The first-order valence-electron chi connectivity index (χ1n) is 5.82. The number of ether oxygens (including phenoxy) is 2.